The highest BCUT2D eigenvalue weighted by molar-refractivity contribution is 4.87. The van der Waals surface area contributed by atoms with Crippen LogP contribution in [0.1, 0.15) is 13.3 Å². The summed E-state index contributed by atoms with van der Waals surface area (Å²) in [6.45, 7) is 6.98. The van der Waals surface area contributed by atoms with Crippen molar-refractivity contribution in [1.29, 1.82) is 0 Å². The summed E-state index contributed by atoms with van der Waals surface area (Å²) < 4.78 is 0. The molecule has 1 heteroatoms. The predicted molar refractivity (Wildman–Crippen MR) is 38.0 cm³/mol. The van der Waals surface area contributed by atoms with E-state index >= 15 is 0 Å². The van der Waals surface area contributed by atoms with Crippen molar-refractivity contribution in [2.75, 3.05) is 20.6 Å². The van der Waals surface area contributed by atoms with Crippen LogP contribution < -0.4 is 0 Å². The summed E-state index contributed by atoms with van der Waals surface area (Å²) in [5.74, 6) is 0. The van der Waals surface area contributed by atoms with Crippen LogP contribution in [0.5, 0.6) is 0 Å². The maximum absolute atomic E-state index is 3.80. The summed E-state index contributed by atoms with van der Waals surface area (Å²) in [6.07, 6.45) is 1.12. The quantitative estimate of drug-likeness (QED) is 0.501. The smallest absolute Gasteiger partial charge is 0.00123 e. The molecule has 0 aromatic heterocycles. The molecule has 0 heterocycles. The highest BCUT2D eigenvalue weighted by Crippen LogP contribution is 1.94. The van der Waals surface area contributed by atoms with Gasteiger partial charge >= 0.3 is 0 Å². The molecule has 0 N–H and O–H groups in total. The molecule has 0 aliphatic rings. The third-order valence-electron chi connectivity index (χ3n) is 0.986. The maximum Gasteiger partial charge on any atom is 0.00123 e. The molecule has 0 aromatic rings. The van der Waals surface area contributed by atoms with Crippen LogP contribution in [0.15, 0.2) is 12.2 Å². The Balaban J connectivity index is 3.05. The van der Waals surface area contributed by atoms with E-state index in [4.69, 9.17) is 0 Å². The molecule has 0 unspecified atom stereocenters. The van der Waals surface area contributed by atoms with E-state index in [2.05, 4.69) is 32.5 Å². The van der Waals surface area contributed by atoms with Crippen LogP contribution in [0.25, 0.3) is 0 Å². The first-order chi connectivity index (χ1) is 3.63. The fourth-order valence-corrected chi connectivity index (χ4v) is 0.414. The van der Waals surface area contributed by atoms with E-state index in [1.165, 1.54) is 5.57 Å². The van der Waals surface area contributed by atoms with E-state index < -0.39 is 0 Å². The zero-order valence-electron chi connectivity index (χ0n) is 6.07. The van der Waals surface area contributed by atoms with Crippen LogP contribution in [0.3, 0.4) is 0 Å². The lowest BCUT2D eigenvalue weighted by Crippen LogP contribution is -2.12. The van der Waals surface area contributed by atoms with Crippen molar-refractivity contribution >= 4 is 0 Å². The number of rotatable bonds is 3. The third-order valence-corrected chi connectivity index (χ3v) is 0.986. The molecule has 0 saturated carbocycles. The maximum atomic E-state index is 3.80. The van der Waals surface area contributed by atoms with Crippen LogP contribution in [0.2, 0.25) is 0 Å². The molecule has 0 bridgehead atoms. The molecule has 0 aliphatic heterocycles. The molecule has 0 atom stereocenters. The summed E-state index contributed by atoms with van der Waals surface area (Å²) in [6, 6.07) is 0. The first-order valence-corrected chi connectivity index (χ1v) is 2.92. The van der Waals surface area contributed by atoms with Gasteiger partial charge in [-0.15, -0.1) is 6.58 Å². The number of hydrogen-bond acceptors (Lipinski definition) is 1. The van der Waals surface area contributed by atoms with Gasteiger partial charge in [-0.1, -0.05) is 5.57 Å². The second kappa shape index (κ2) is 3.67. The molecule has 0 aliphatic carbocycles. The van der Waals surface area contributed by atoms with Gasteiger partial charge in [-0.2, -0.15) is 0 Å². The predicted octanol–water partition coefficient (Wildman–Crippen LogP) is 1.51. The number of hydrogen-bond donors (Lipinski definition) is 0. The van der Waals surface area contributed by atoms with Crippen molar-refractivity contribution in [3.8, 4) is 0 Å². The highest BCUT2D eigenvalue weighted by Gasteiger charge is 1.87. The van der Waals surface area contributed by atoms with Crippen LogP contribution in [-0.2, 0) is 0 Å². The Morgan fingerprint density at radius 3 is 2.12 bits per heavy atom. The molecule has 0 amide bonds. The van der Waals surface area contributed by atoms with Crippen LogP contribution in [0, 0.1) is 0 Å². The van der Waals surface area contributed by atoms with E-state index in [0.29, 0.717) is 0 Å². The molecule has 1 nitrogen and oxygen atoms in total. The van der Waals surface area contributed by atoms with Gasteiger partial charge in [-0.3, -0.25) is 0 Å². The van der Waals surface area contributed by atoms with E-state index in [1.807, 2.05) is 0 Å². The average molecular weight is 113 g/mol. The van der Waals surface area contributed by atoms with E-state index in [0.717, 1.165) is 13.0 Å². The Kier molecular flexibility index (Phi) is 3.53. The molecule has 8 heavy (non-hydrogen) atoms. The molecule has 0 aromatic carbocycles. The van der Waals surface area contributed by atoms with Gasteiger partial charge < -0.3 is 4.90 Å². The first-order valence-electron chi connectivity index (χ1n) is 2.92. The Hall–Kier alpha value is -0.300. The Bertz CT molecular complexity index is 74.5. The standard InChI is InChI=1S/C7H15N/c1-7(2)5-6-8(3)4/h1,5-6H2,2-4H3. The van der Waals surface area contributed by atoms with Gasteiger partial charge in [-0.05, 0) is 27.4 Å². The fourth-order valence-electron chi connectivity index (χ4n) is 0.414. The first kappa shape index (κ1) is 7.70. The fraction of sp³-hybridized carbons (Fsp3) is 0.714. The molecule has 0 rings (SSSR count). The molecular formula is C7H15N. The van der Waals surface area contributed by atoms with Gasteiger partial charge in [0.15, 0.2) is 0 Å². The zero-order valence-corrected chi connectivity index (χ0v) is 6.07. The van der Waals surface area contributed by atoms with Crippen LogP contribution in [0.4, 0.5) is 0 Å². The monoisotopic (exact) mass is 113 g/mol. The topological polar surface area (TPSA) is 3.24 Å². The average Bonchev–Trinajstić information content (AvgIpc) is 1.61. The Morgan fingerprint density at radius 1 is 1.50 bits per heavy atom. The largest absolute Gasteiger partial charge is 0.309 e. The lowest BCUT2D eigenvalue weighted by atomic mass is 10.2. The van der Waals surface area contributed by atoms with Crippen molar-refractivity contribution in [3.05, 3.63) is 12.2 Å². The summed E-state index contributed by atoms with van der Waals surface area (Å²) in [4.78, 5) is 2.16. The minimum Gasteiger partial charge on any atom is -0.309 e. The lowest BCUT2D eigenvalue weighted by Gasteiger charge is -2.07. The van der Waals surface area contributed by atoms with Gasteiger partial charge in [0, 0.05) is 6.54 Å². The van der Waals surface area contributed by atoms with Gasteiger partial charge in [0.25, 0.3) is 0 Å². The zero-order chi connectivity index (χ0) is 6.57. The molecule has 0 radical (unpaired) electrons. The molecule has 0 fully saturated rings. The number of nitrogens with zero attached hydrogens (tertiary/aromatic N) is 1. The van der Waals surface area contributed by atoms with E-state index in [9.17, 15) is 0 Å². The van der Waals surface area contributed by atoms with Gasteiger partial charge in [-0.25, -0.2) is 0 Å². The third kappa shape index (κ3) is 5.70. The lowest BCUT2D eigenvalue weighted by molar-refractivity contribution is 0.413. The highest BCUT2D eigenvalue weighted by atomic mass is 15.0. The second-order valence-electron chi connectivity index (χ2n) is 2.51. The van der Waals surface area contributed by atoms with Crippen molar-refractivity contribution in [2.24, 2.45) is 0 Å². The van der Waals surface area contributed by atoms with Gasteiger partial charge in [0.2, 0.25) is 0 Å². The van der Waals surface area contributed by atoms with E-state index in [1.54, 1.807) is 0 Å². The summed E-state index contributed by atoms with van der Waals surface area (Å²) >= 11 is 0. The summed E-state index contributed by atoms with van der Waals surface area (Å²) in [5.41, 5.74) is 1.26. The van der Waals surface area contributed by atoms with Crippen molar-refractivity contribution in [3.63, 3.8) is 0 Å². The van der Waals surface area contributed by atoms with Crippen LogP contribution >= 0.6 is 0 Å². The summed E-state index contributed by atoms with van der Waals surface area (Å²) in [5, 5.41) is 0. The molecule has 0 spiro atoms. The second-order valence-corrected chi connectivity index (χ2v) is 2.51. The van der Waals surface area contributed by atoms with Crippen molar-refractivity contribution in [2.45, 2.75) is 13.3 Å². The molecular weight excluding hydrogens is 98.1 g/mol. The minimum atomic E-state index is 1.12. The van der Waals surface area contributed by atoms with Crippen LogP contribution in [-0.4, -0.2) is 25.5 Å². The van der Waals surface area contributed by atoms with Gasteiger partial charge in [0.05, 0.1) is 0 Å². The summed E-state index contributed by atoms with van der Waals surface area (Å²) in [7, 11) is 4.14. The molecule has 0 saturated heterocycles. The SMILES string of the molecule is C=C(C)CCN(C)C. The minimum absolute atomic E-state index is 1.12. The van der Waals surface area contributed by atoms with Crippen molar-refractivity contribution in [1.82, 2.24) is 4.90 Å². The normalized spacial score (nSPS) is 10.0. The Labute approximate surface area is 52.0 Å². The van der Waals surface area contributed by atoms with Gasteiger partial charge in [0.1, 0.15) is 0 Å². The van der Waals surface area contributed by atoms with Crippen molar-refractivity contribution < 1.29 is 0 Å². The van der Waals surface area contributed by atoms with E-state index in [-0.39, 0.29) is 0 Å². The Morgan fingerprint density at radius 2 is 2.00 bits per heavy atom. The molecule has 48 valence electrons.